The zero-order chi connectivity index (χ0) is 18.6. The van der Waals surface area contributed by atoms with Crippen molar-refractivity contribution in [2.45, 2.75) is 32.4 Å². The summed E-state index contributed by atoms with van der Waals surface area (Å²) in [5.41, 5.74) is 4.86. The lowest BCUT2D eigenvalue weighted by Crippen LogP contribution is -2.43. The van der Waals surface area contributed by atoms with Crippen molar-refractivity contribution in [3.63, 3.8) is 0 Å². The van der Waals surface area contributed by atoms with E-state index in [4.69, 9.17) is 0 Å². The van der Waals surface area contributed by atoms with Crippen LogP contribution in [0.5, 0.6) is 0 Å². The smallest absolute Gasteiger partial charge is 0.0666 e. The summed E-state index contributed by atoms with van der Waals surface area (Å²) in [6.07, 6.45) is 8.05. The van der Waals surface area contributed by atoms with Gasteiger partial charge in [0.1, 0.15) is 0 Å². The van der Waals surface area contributed by atoms with Gasteiger partial charge in [-0.15, -0.1) is 0 Å². The predicted octanol–water partition coefficient (Wildman–Crippen LogP) is 3.68. The van der Waals surface area contributed by atoms with E-state index in [0.717, 1.165) is 25.3 Å². The molecular formula is C22H27N5. The number of anilines is 1. The molecule has 0 radical (unpaired) electrons. The van der Waals surface area contributed by atoms with Gasteiger partial charge in [-0.05, 0) is 62.7 Å². The molecule has 0 atom stereocenters. The van der Waals surface area contributed by atoms with Gasteiger partial charge in [0.05, 0.1) is 11.4 Å². The molecule has 0 aliphatic carbocycles. The molecule has 3 aromatic rings. The highest BCUT2D eigenvalue weighted by atomic mass is 15.3. The highest BCUT2D eigenvalue weighted by molar-refractivity contribution is 5.53. The Labute approximate surface area is 161 Å². The minimum Gasteiger partial charge on any atom is -0.371 e. The first kappa shape index (κ1) is 17.7. The fraction of sp³-hybridized carbons (Fsp3) is 0.364. The van der Waals surface area contributed by atoms with Gasteiger partial charge in [-0.3, -0.25) is 9.88 Å². The maximum atomic E-state index is 4.55. The fourth-order valence-electron chi connectivity index (χ4n) is 3.87. The number of hydrogen-bond donors (Lipinski definition) is 0. The Kier molecular flexibility index (Phi) is 5.21. The Morgan fingerprint density at radius 2 is 1.85 bits per heavy atom. The van der Waals surface area contributed by atoms with Crippen LogP contribution in [0.1, 0.15) is 24.1 Å². The van der Waals surface area contributed by atoms with Crippen LogP contribution in [0.15, 0.2) is 61.1 Å². The van der Waals surface area contributed by atoms with Gasteiger partial charge in [-0.2, -0.15) is 5.10 Å². The summed E-state index contributed by atoms with van der Waals surface area (Å²) in [5, 5.41) is 4.34. The number of hydrogen-bond acceptors (Lipinski definition) is 4. The summed E-state index contributed by atoms with van der Waals surface area (Å²) in [6.45, 7) is 5.23. The lowest BCUT2D eigenvalue weighted by atomic mass is 10.0. The minimum atomic E-state index is 0.608. The number of rotatable bonds is 5. The lowest BCUT2D eigenvalue weighted by Gasteiger charge is -2.38. The second-order valence-electron chi connectivity index (χ2n) is 7.37. The maximum absolute atomic E-state index is 4.55. The average Bonchev–Trinajstić information content (AvgIpc) is 3.25. The molecule has 5 heteroatoms. The van der Waals surface area contributed by atoms with Gasteiger partial charge in [0, 0.05) is 50.0 Å². The molecule has 27 heavy (non-hydrogen) atoms. The Bertz CT molecular complexity index is 866. The third-order valence-corrected chi connectivity index (χ3v) is 5.57. The van der Waals surface area contributed by atoms with Crippen LogP contribution in [0, 0.1) is 6.92 Å². The van der Waals surface area contributed by atoms with Gasteiger partial charge in [0.2, 0.25) is 0 Å². The van der Waals surface area contributed by atoms with E-state index in [9.17, 15) is 0 Å². The van der Waals surface area contributed by atoms with Crippen LogP contribution in [0.3, 0.4) is 0 Å². The molecule has 0 amide bonds. The molecule has 0 spiro atoms. The van der Waals surface area contributed by atoms with Crippen molar-refractivity contribution in [3.8, 4) is 5.69 Å². The molecule has 0 bridgehead atoms. The highest BCUT2D eigenvalue weighted by Crippen LogP contribution is 2.25. The standard InChI is InChI=1S/C22H27N5/c1-18-6-4-11-23-22(18)17-25(2)19-9-14-26(15-10-19)20-7-3-8-21(16-20)27-13-5-12-24-27/h3-8,11-13,16,19H,9-10,14-15,17H2,1-2H3. The van der Waals surface area contributed by atoms with Crippen molar-refractivity contribution in [2.24, 2.45) is 0 Å². The number of piperidine rings is 1. The van der Waals surface area contributed by atoms with Gasteiger partial charge in [-0.1, -0.05) is 12.1 Å². The van der Waals surface area contributed by atoms with E-state index < -0.39 is 0 Å². The first-order valence-electron chi connectivity index (χ1n) is 9.66. The van der Waals surface area contributed by atoms with Crippen molar-refractivity contribution in [2.75, 3.05) is 25.0 Å². The van der Waals surface area contributed by atoms with E-state index in [1.54, 1.807) is 0 Å². The molecule has 1 fully saturated rings. The van der Waals surface area contributed by atoms with E-state index in [-0.39, 0.29) is 0 Å². The monoisotopic (exact) mass is 361 g/mol. The van der Waals surface area contributed by atoms with Crippen molar-refractivity contribution in [1.82, 2.24) is 19.7 Å². The van der Waals surface area contributed by atoms with E-state index in [0.29, 0.717) is 6.04 Å². The van der Waals surface area contributed by atoms with Gasteiger partial charge in [-0.25, -0.2) is 4.68 Å². The molecule has 3 heterocycles. The summed E-state index contributed by atoms with van der Waals surface area (Å²) in [5.74, 6) is 0. The largest absolute Gasteiger partial charge is 0.371 e. The molecule has 1 saturated heterocycles. The molecule has 0 unspecified atom stereocenters. The van der Waals surface area contributed by atoms with Crippen molar-refractivity contribution < 1.29 is 0 Å². The molecule has 1 aliphatic rings. The SMILES string of the molecule is Cc1cccnc1CN(C)C1CCN(c2cccc(-n3cccn3)c2)CC1. The summed E-state index contributed by atoms with van der Waals surface area (Å²) in [7, 11) is 2.23. The Morgan fingerprint density at radius 3 is 2.59 bits per heavy atom. The number of aromatic nitrogens is 3. The van der Waals surface area contributed by atoms with Crippen LogP contribution in [-0.4, -0.2) is 45.8 Å². The Balaban J connectivity index is 1.38. The Hall–Kier alpha value is -2.66. The van der Waals surface area contributed by atoms with Crippen LogP contribution in [0.25, 0.3) is 5.69 Å². The molecule has 140 valence electrons. The van der Waals surface area contributed by atoms with E-state index in [1.807, 2.05) is 35.4 Å². The van der Waals surface area contributed by atoms with Crippen LogP contribution in [0.2, 0.25) is 0 Å². The van der Waals surface area contributed by atoms with Crippen LogP contribution in [-0.2, 0) is 6.54 Å². The zero-order valence-electron chi connectivity index (χ0n) is 16.1. The minimum absolute atomic E-state index is 0.608. The van der Waals surface area contributed by atoms with Gasteiger partial charge < -0.3 is 4.90 Å². The first-order chi connectivity index (χ1) is 13.2. The maximum Gasteiger partial charge on any atom is 0.0666 e. The quantitative estimate of drug-likeness (QED) is 0.695. The van der Waals surface area contributed by atoms with Gasteiger partial charge in [0.15, 0.2) is 0 Å². The average molecular weight is 361 g/mol. The van der Waals surface area contributed by atoms with E-state index >= 15 is 0 Å². The molecule has 5 nitrogen and oxygen atoms in total. The van der Waals surface area contributed by atoms with Crippen molar-refractivity contribution in [1.29, 1.82) is 0 Å². The zero-order valence-corrected chi connectivity index (χ0v) is 16.1. The first-order valence-corrected chi connectivity index (χ1v) is 9.66. The van der Waals surface area contributed by atoms with Crippen molar-refractivity contribution >= 4 is 5.69 Å². The fourth-order valence-corrected chi connectivity index (χ4v) is 3.87. The molecule has 1 aliphatic heterocycles. The third-order valence-electron chi connectivity index (χ3n) is 5.57. The van der Waals surface area contributed by atoms with Crippen molar-refractivity contribution in [3.05, 3.63) is 72.3 Å². The summed E-state index contributed by atoms with van der Waals surface area (Å²) >= 11 is 0. The molecule has 0 N–H and O–H groups in total. The van der Waals surface area contributed by atoms with E-state index in [2.05, 4.69) is 64.2 Å². The molecule has 4 rings (SSSR count). The predicted molar refractivity (Wildman–Crippen MR) is 109 cm³/mol. The number of pyridine rings is 1. The van der Waals surface area contributed by atoms with Crippen LogP contribution < -0.4 is 4.90 Å². The van der Waals surface area contributed by atoms with Gasteiger partial charge in [0.25, 0.3) is 0 Å². The number of nitrogens with zero attached hydrogens (tertiary/aromatic N) is 5. The second-order valence-corrected chi connectivity index (χ2v) is 7.37. The summed E-state index contributed by atoms with van der Waals surface area (Å²) in [6, 6.07) is 15.4. The topological polar surface area (TPSA) is 37.2 Å². The van der Waals surface area contributed by atoms with Crippen LogP contribution >= 0.6 is 0 Å². The second kappa shape index (κ2) is 7.92. The van der Waals surface area contributed by atoms with E-state index in [1.165, 1.54) is 29.8 Å². The van der Waals surface area contributed by atoms with Gasteiger partial charge >= 0.3 is 0 Å². The Morgan fingerprint density at radius 1 is 1.04 bits per heavy atom. The normalized spacial score (nSPS) is 15.4. The highest BCUT2D eigenvalue weighted by Gasteiger charge is 2.23. The summed E-state index contributed by atoms with van der Waals surface area (Å²) < 4.78 is 1.92. The molecule has 1 aromatic carbocycles. The van der Waals surface area contributed by atoms with Crippen LogP contribution in [0.4, 0.5) is 5.69 Å². The number of aryl methyl sites for hydroxylation is 1. The third kappa shape index (κ3) is 4.03. The molecule has 0 saturated carbocycles. The molecule has 2 aromatic heterocycles. The molecular weight excluding hydrogens is 334 g/mol. The summed E-state index contributed by atoms with van der Waals surface area (Å²) in [4.78, 5) is 9.50. The number of benzene rings is 1. The lowest BCUT2D eigenvalue weighted by molar-refractivity contribution is 0.198.